The molecule has 3 aromatic rings. The highest BCUT2D eigenvalue weighted by atomic mass is 16.5. The van der Waals surface area contributed by atoms with Crippen molar-refractivity contribution in [1.82, 2.24) is 4.98 Å². The number of methoxy groups -OCH3 is 1. The van der Waals surface area contributed by atoms with Gasteiger partial charge in [0.2, 0.25) is 0 Å². The molecule has 0 spiro atoms. The topological polar surface area (TPSA) is 71.5 Å². The molecule has 0 radical (unpaired) electrons. The third-order valence-corrected chi connectivity index (χ3v) is 4.04. The van der Waals surface area contributed by atoms with Gasteiger partial charge in [-0.2, -0.15) is 0 Å². The lowest BCUT2D eigenvalue weighted by Crippen LogP contribution is -2.27. The zero-order chi connectivity index (χ0) is 19.2. The predicted molar refractivity (Wildman–Crippen MR) is 104 cm³/mol. The van der Waals surface area contributed by atoms with Crippen LogP contribution in [0.1, 0.15) is 20.8 Å². The summed E-state index contributed by atoms with van der Waals surface area (Å²) in [4.78, 5) is 30.4. The first-order valence-corrected chi connectivity index (χ1v) is 8.33. The van der Waals surface area contributed by atoms with Gasteiger partial charge in [0.05, 0.1) is 18.4 Å². The number of amides is 1. The average Bonchev–Trinajstić information content (AvgIpc) is 2.73. The second-order valence-electron chi connectivity index (χ2n) is 5.79. The minimum absolute atomic E-state index is 0.230. The van der Waals surface area contributed by atoms with E-state index in [1.54, 1.807) is 43.6 Å². The first-order valence-electron chi connectivity index (χ1n) is 8.33. The molecule has 0 fully saturated rings. The summed E-state index contributed by atoms with van der Waals surface area (Å²) in [5.74, 6) is -0.668. The Morgan fingerprint density at radius 2 is 1.70 bits per heavy atom. The molecule has 0 aliphatic heterocycles. The summed E-state index contributed by atoms with van der Waals surface area (Å²) in [7, 11) is 3.04. The monoisotopic (exact) mass is 361 g/mol. The van der Waals surface area contributed by atoms with Crippen molar-refractivity contribution in [2.75, 3.05) is 24.4 Å². The van der Waals surface area contributed by atoms with Crippen molar-refractivity contribution in [2.24, 2.45) is 0 Å². The average molecular weight is 361 g/mol. The fourth-order valence-corrected chi connectivity index (χ4v) is 2.60. The third kappa shape index (κ3) is 4.12. The molecule has 1 aromatic heterocycles. The highest BCUT2D eigenvalue weighted by Crippen LogP contribution is 2.22. The van der Waals surface area contributed by atoms with Crippen molar-refractivity contribution >= 4 is 28.9 Å². The number of para-hydroxylation sites is 2. The molecule has 1 heterocycles. The lowest BCUT2D eigenvalue weighted by atomic mass is 10.1. The number of hydrogen-bond donors (Lipinski definition) is 1. The van der Waals surface area contributed by atoms with Crippen LogP contribution in [-0.4, -0.2) is 31.0 Å². The van der Waals surface area contributed by atoms with E-state index in [1.807, 2.05) is 36.4 Å². The van der Waals surface area contributed by atoms with Crippen LogP contribution in [0.3, 0.4) is 0 Å². The quantitative estimate of drug-likeness (QED) is 0.698. The van der Waals surface area contributed by atoms with Gasteiger partial charge in [0.1, 0.15) is 5.69 Å². The van der Waals surface area contributed by atoms with Crippen LogP contribution in [0.15, 0.2) is 72.9 Å². The van der Waals surface area contributed by atoms with E-state index < -0.39 is 5.97 Å². The maximum absolute atomic E-state index is 12.7. The molecule has 0 unspecified atom stereocenters. The summed E-state index contributed by atoms with van der Waals surface area (Å²) in [6, 6.07) is 19.7. The lowest BCUT2D eigenvalue weighted by Gasteiger charge is -2.17. The number of esters is 1. The molecule has 1 amide bonds. The molecular weight excluding hydrogens is 342 g/mol. The van der Waals surface area contributed by atoms with Gasteiger partial charge in [-0.1, -0.05) is 30.3 Å². The van der Waals surface area contributed by atoms with Crippen molar-refractivity contribution in [1.29, 1.82) is 0 Å². The van der Waals surface area contributed by atoms with E-state index in [-0.39, 0.29) is 5.91 Å². The highest BCUT2D eigenvalue weighted by Gasteiger charge is 2.16. The van der Waals surface area contributed by atoms with Crippen LogP contribution < -0.4 is 10.2 Å². The van der Waals surface area contributed by atoms with Gasteiger partial charge < -0.3 is 15.0 Å². The Labute approximate surface area is 157 Å². The van der Waals surface area contributed by atoms with Gasteiger partial charge in [0.25, 0.3) is 5.91 Å². The van der Waals surface area contributed by atoms with Crippen LogP contribution in [-0.2, 0) is 4.74 Å². The minimum atomic E-state index is -0.438. The van der Waals surface area contributed by atoms with Crippen LogP contribution >= 0.6 is 0 Å². The number of benzene rings is 2. The molecule has 27 heavy (non-hydrogen) atoms. The number of nitrogens with one attached hydrogen (secondary N) is 1. The second-order valence-corrected chi connectivity index (χ2v) is 5.79. The van der Waals surface area contributed by atoms with E-state index in [0.717, 1.165) is 5.69 Å². The Hall–Kier alpha value is -3.67. The molecule has 0 atom stereocenters. The van der Waals surface area contributed by atoms with Crippen molar-refractivity contribution in [3.8, 4) is 0 Å². The maximum Gasteiger partial charge on any atom is 0.339 e. The molecule has 136 valence electrons. The number of hydrogen-bond acceptors (Lipinski definition) is 5. The normalized spacial score (nSPS) is 10.1. The number of pyridine rings is 1. The Bertz CT molecular complexity index is 958. The number of ether oxygens (including phenoxy) is 1. The smallest absolute Gasteiger partial charge is 0.339 e. The summed E-state index contributed by atoms with van der Waals surface area (Å²) < 4.78 is 4.80. The first-order chi connectivity index (χ1) is 13.1. The molecule has 0 aliphatic carbocycles. The number of carbonyl (C=O) groups excluding carboxylic acids is 2. The fraction of sp³-hybridized carbons (Fsp3) is 0.0952. The van der Waals surface area contributed by atoms with Crippen molar-refractivity contribution < 1.29 is 14.3 Å². The van der Waals surface area contributed by atoms with Gasteiger partial charge in [-0.25, -0.2) is 4.79 Å². The zero-order valence-corrected chi connectivity index (χ0v) is 15.0. The highest BCUT2D eigenvalue weighted by molar-refractivity contribution is 6.05. The summed E-state index contributed by atoms with van der Waals surface area (Å²) in [5.41, 5.74) is 2.71. The Kier molecular flexibility index (Phi) is 5.47. The van der Waals surface area contributed by atoms with Crippen LogP contribution in [0.2, 0.25) is 0 Å². The molecular formula is C21H19N3O3. The van der Waals surface area contributed by atoms with E-state index in [2.05, 4.69) is 10.3 Å². The van der Waals surface area contributed by atoms with E-state index >= 15 is 0 Å². The Balaban J connectivity index is 1.85. The number of nitrogens with zero attached hydrogens (tertiary/aromatic N) is 2. The summed E-state index contributed by atoms with van der Waals surface area (Å²) >= 11 is 0. The molecule has 2 aromatic carbocycles. The number of carbonyl (C=O) groups is 2. The number of aromatic nitrogens is 1. The van der Waals surface area contributed by atoms with Gasteiger partial charge in [-0.3, -0.25) is 9.78 Å². The van der Waals surface area contributed by atoms with Crippen LogP contribution in [0, 0.1) is 0 Å². The summed E-state index contributed by atoms with van der Waals surface area (Å²) in [5, 5.41) is 3.15. The second kappa shape index (κ2) is 8.14. The first kappa shape index (κ1) is 18.1. The van der Waals surface area contributed by atoms with Crippen LogP contribution in [0.25, 0.3) is 0 Å². The van der Waals surface area contributed by atoms with Crippen molar-refractivity contribution in [3.63, 3.8) is 0 Å². The largest absolute Gasteiger partial charge is 0.465 e. The van der Waals surface area contributed by atoms with Gasteiger partial charge in [0.15, 0.2) is 0 Å². The lowest BCUT2D eigenvalue weighted by molar-refractivity contribution is 0.0601. The van der Waals surface area contributed by atoms with E-state index in [4.69, 9.17) is 4.74 Å². The molecule has 0 saturated heterocycles. The van der Waals surface area contributed by atoms with Gasteiger partial charge in [-0.15, -0.1) is 0 Å². The third-order valence-electron chi connectivity index (χ3n) is 4.04. The number of anilines is 3. The van der Waals surface area contributed by atoms with Crippen LogP contribution in [0.4, 0.5) is 17.1 Å². The fourth-order valence-electron chi connectivity index (χ4n) is 2.60. The zero-order valence-electron chi connectivity index (χ0n) is 15.0. The summed E-state index contributed by atoms with van der Waals surface area (Å²) in [6.45, 7) is 0. The predicted octanol–water partition coefficient (Wildman–Crippen LogP) is 3.89. The molecule has 3 rings (SSSR count). The molecule has 6 nitrogen and oxygen atoms in total. The minimum Gasteiger partial charge on any atom is -0.465 e. The SMILES string of the molecule is COC(=O)c1ccccc1Nc1ccnc(C(=O)N(C)c2ccccc2)c1. The molecule has 1 N–H and O–H groups in total. The van der Waals surface area contributed by atoms with Crippen molar-refractivity contribution in [3.05, 3.63) is 84.2 Å². The number of rotatable bonds is 5. The maximum atomic E-state index is 12.7. The standard InChI is InChI=1S/C21H19N3O3/c1-24(16-8-4-3-5-9-16)20(25)19-14-15(12-13-22-19)23-18-11-7-6-10-17(18)21(26)27-2/h3-14H,1-2H3,(H,22,23). The Morgan fingerprint density at radius 1 is 1.00 bits per heavy atom. The summed E-state index contributed by atoms with van der Waals surface area (Å²) in [6.07, 6.45) is 1.55. The van der Waals surface area contributed by atoms with Gasteiger partial charge >= 0.3 is 5.97 Å². The van der Waals surface area contributed by atoms with E-state index in [0.29, 0.717) is 22.6 Å². The molecule has 0 saturated carbocycles. The Morgan fingerprint density at radius 3 is 2.44 bits per heavy atom. The van der Waals surface area contributed by atoms with Crippen molar-refractivity contribution in [2.45, 2.75) is 0 Å². The molecule has 6 heteroatoms. The van der Waals surface area contributed by atoms with Gasteiger partial charge in [0, 0.05) is 24.6 Å². The van der Waals surface area contributed by atoms with Crippen LogP contribution in [0.5, 0.6) is 0 Å². The van der Waals surface area contributed by atoms with Gasteiger partial charge in [-0.05, 0) is 36.4 Å². The van der Waals surface area contributed by atoms with E-state index in [9.17, 15) is 9.59 Å². The van der Waals surface area contributed by atoms with E-state index in [1.165, 1.54) is 12.0 Å². The molecule has 0 bridgehead atoms. The molecule has 0 aliphatic rings.